The summed E-state index contributed by atoms with van der Waals surface area (Å²) in [4.78, 5) is 0. The van der Waals surface area contributed by atoms with E-state index < -0.39 is 12.3 Å². The number of hydrogen-bond donors (Lipinski definition) is 0. The van der Waals surface area contributed by atoms with Crippen LogP contribution in [-0.2, 0) is 0 Å². The maximum Gasteiger partial charge on any atom is 0.429 e. The Labute approximate surface area is 102 Å². The number of halogens is 4. The summed E-state index contributed by atoms with van der Waals surface area (Å²) in [6.07, 6.45) is -3.86. The monoisotopic (exact) mass is 262 g/mol. The van der Waals surface area contributed by atoms with E-state index in [-0.39, 0.29) is 5.75 Å². The van der Waals surface area contributed by atoms with Gasteiger partial charge in [-0.25, -0.2) is 0 Å². The molecule has 0 saturated heterocycles. The SMILES string of the molecule is Cc1cc2c(c(C)c1Cl)C=CC(C(F)(F)F)O2. The lowest BCUT2D eigenvalue weighted by atomic mass is 10.0. The summed E-state index contributed by atoms with van der Waals surface area (Å²) in [5.41, 5.74) is 2.05. The van der Waals surface area contributed by atoms with Crippen LogP contribution >= 0.6 is 11.6 Å². The van der Waals surface area contributed by atoms with E-state index in [1.807, 2.05) is 0 Å². The van der Waals surface area contributed by atoms with Crippen LogP contribution < -0.4 is 4.74 Å². The van der Waals surface area contributed by atoms with Crippen LogP contribution in [0.25, 0.3) is 6.08 Å². The molecule has 17 heavy (non-hydrogen) atoms. The minimum Gasteiger partial charge on any atom is -0.476 e. The Kier molecular flexibility index (Phi) is 2.86. The van der Waals surface area contributed by atoms with Crippen LogP contribution in [-0.4, -0.2) is 12.3 Å². The normalized spacial score (nSPS) is 18.8. The zero-order valence-electron chi connectivity index (χ0n) is 9.23. The third kappa shape index (κ3) is 2.14. The minimum atomic E-state index is -4.39. The third-order valence-electron chi connectivity index (χ3n) is 2.71. The van der Waals surface area contributed by atoms with Crippen molar-refractivity contribution in [2.45, 2.75) is 26.1 Å². The number of hydrogen-bond acceptors (Lipinski definition) is 1. The van der Waals surface area contributed by atoms with Crippen molar-refractivity contribution in [3.05, 3.63) is 33.9 Å². The van der Waals surface area contributed by atoms with Gasteiger partial charge in [0.2, 0.25) is 6.10 Å². The van der Waals surface area contributed by atoms with Crippen LogP contribution in [0.15, 0.2) is 12.1 Å². The van der Waals surface area contributed by atoms with Crippen LogP contribution in [0.3, 0.4) is 0 Å². The molecule has 1 aromatic rings. The second kappa shape index (κ2) is 3.95. The van der Waals surface area contributed by atoms with Crippen molar-refractivity contribution in [1.82, 2.24) is 0 Å². The van der Waals surface area contributed by atoms with Gasteiger partial charge in [-0.2, -0.15) is 13.2 Å². The van der Waals surface area contributed by atoms with E-state index in [1.54, 1.807) is 13.8 Å². The van der Waals surface area contributed by atoms with Gasteiger partial charge in [0.15, 0.2) is 0 Å². The van der Waals surface area contributed by atoms with Gasteiger partial charge in [0, 0.05) is 10.6 Å². The Morgan fingerprint density at radius 1 is 1.29 bits per heavy atom. The molecule has 0 saturated carbocycles. The maximum atomic E-state index is 12.5. The van der Waals surface area contributed by atoms with Gasteiger partial charge < -0.3 is 4.74 Å². The summed E-state index contributed by atoms with van der Waals surface area (Å²) in [6.45, 7) is 3.50. The van der Waals surface area contributed by atoms with Gasteiger partial charge in [0.1, 0.15) is 5.75 Å². The largest absolute Gasteiger partial charge is 0.476 e. The highest BCUT2D eigenvalue weighted by Gasteiger charge is 2.41. The molecule has 92 valence electrons. The van der Waals surface area contributed by atoms with Gasteiger partial charge in [-0.15, -0.1) is 0 Å². The fourth-order valence-electron chi connectivity index (χ4n) is 1.78. The van der Waals surface area contributed by atoms with E-state index in [0.29, 0.717) is 16.1 Å². The Hall–Kier alpha value is -1.16. The molecular weight excluding hydrogens is 253 g/mol. The zero-order chi connectivity index (χ0) is 12.8. The van der Waals surface area contributed by atoms with E-state index in [1.165, 1.54) is 12.1 Å². The summed E-state index contributed by atoms with van der Waals surface area (Å²) in [6, 6.07) is 1.53. The molecule has 5 heteroatoms. The van der Waals surface area contributed by atoms with Crippen LogP contribution in [0.5, 0.6) is 5.75 Å². The van der Waals surface area contributed by atoms with Crippen LogP contribution in [0.1, 0.15) is 16.7 Å². The number of benzene rings is 1. The lowest BCUT2D eigenvalue weighted by Crippen LogP contribution is -2.34. The number of ether oxygens (including phenoxy) is 1. The molecule has 0 aliphatic carbocycles. The molecule has 0 N–H and O–H groups in total. The summed E-state index contributed by atoms with van der Waals surface area (Å²) < 4.78 is 42.5. The lowest BCUT2D eigenvalue weighted by molar-refractivity contribution is -0.180. The van der Waals surface area contributed by atoms with Crippen molar-refractivity contribution in [3.8, 4) is 5.75 Å². The molecule has 0 fully saturated rings. The second-order valence-corrected chi connectivity index (χ2v) is 4.36. The van der Waals surface area contributed by atoms with Crippen molar-refractivity contribution in [2.75, 3.05) is 0 Å². The van der Waals surface area contributed by atoms with Crippen molar-refractivity contribution in [3.63, 3.8) is 0 Å². The smallest absolute Gasteiger partial charge is 0.429 e. The highest BCUT2D eigenvalue weighted by Crippen LogP contribution is 2.38. The molecular formula is C12H10ClF3O. The molecule has 1 nitrogen and oxygen atoms in total. The third-order valence-corrected chi connectivity index (χ3v) is 3.29. The predicted molar refractivity (Wildman–Crippen MR) is 60.4 cm³/mol. The molecule has 2 rings (SSSR count). The van der Waals surface area contributed by atoms with E-state index in [2.05, 4.69) is 0 Å². The first-order chi connectivity index (χ1) is 7.80. The zero-order valence-corrected chi connectivity index (χ0v) is 9.99. The molecule has 0 amide bonds. The van der Waals surface area contributed by atoms with E-state index in [9.17, 15) is 13.2 Å². The first kappa shape index (κ1) is 12.3. The molecule has 1 unspecified atom stereocenters. The first-order valence-corrected chi connectivity index (χ1v) is 5.40. The van der Waals surface area contributed by atoms with Crippen LogP contribution in [0.4, 0.5) is 13.2 Å². The van der Waals surface area contributed by atoms with E-state index in [4.69, 9.17) is 16.3 Å². The van der Waals surface area contributed by atoms with Crippen molar-refractivity contribution >= 4 is 17.7 Å². The number of rotatable bonds is 0. The Balaban J connectivity index is 2.47. The van der Waals surface area contributed by atoms with Gasteiger partial charge in [-0.1, -0.05) is 17.7 Å². The average Bonchev–Trinajstić information content (AvgIpc) is 2.24. The Morgan fingerprint density at radius 3 is 2.53 bits per heavy atom. The number of aryl methyl sites for hydroxylation is 1. The predicted octanol–water partition coefficient (Wildman–Crippen LogP) is 4.29. The molecule has 1 atom stereocenters. The fraction of sp³-hybridized carbons (Fsp3) is 0.333. The summed E-state index contributed by atoms with van der Waals surface area (Å²) in [5, 5.41) is 0.558. The topological polar surface area (TPSA) is 9.23 Å². The quantitative estimate of drug-likeness (QED) is 0.678. The van der Waals surface area contributed by atoms with Gasteiger partial charge in [-0.3, -0.25) is 0 Å². The lowest BCUT2D eigenvalue weighted by Gasteiger charge is -2.25. The molecule has 1 heterocycles. The molecule has 1 aromatic carbocycles. The first-order valence-electron chi connectivity index (χ1n) is 5.02. The van der Waals surface area contributed by atoms with Crippen molar-refractivity contribution in [1.29, 1.82) is 0 Å². The number of fused-ring (bicyclic) bond motifs is 1. The summed E-state index contributed by atoms with van der Waals surface area (Å²) in [7, 11) is 0. The molecule has 1 aliphatic heterocycles. The van der Waals surface area contributed by atoms with Crippen LogP contribution in [0.2, 0.25) is 5.02 Å². The summed E-state index contributed by atoms with van der Waals surface area (Å²) >= 11 is 6.03. The van der Waals surface area contributed by atoms with Gasteiger partial charge in [0.25, 0.3) is 0 Å². The minimum absolute atomic E-state index is 0.231. The highest BCUT2D eigenvalue weighted by atomic mass is 35.5. The van der Waals surface area contributed by atoms with E-state index >= 15 is 0 Å². The molecule has 0 radical (unpaired) electrons. The Morgan fingerprint density at radius 2 is 1.94 bits per heavy atom. The molecule has 0 spiro atoms. The second-order valence-electron chi connectivity index (χ2n) is 3.98. The van der Waals surface area contributed by atoms with Gasteiger partial charge in [0.05, 0.1) is 0 Å². The molecule has 0 bridgehead atoms. The number of alkyl halides is 3. The maximum absolute atomic E-state index is 12.5. The van der Waals surface area contributed by atoms with Crippen molar-refractivity contribution in [2.24, 2.45) is 0 Å². The molecule has 0 aromatic heterocycles. The highest BCUT2D eigenvalue weighted by molar-refractivity contribution is 6.32. The van der Waals surface area contributed by atoms with Gasteiger partial charge >= 0.3 is 6.18 Å². The van der Waals surface area contributed by atoms with E-state index in [0.717, 1.165) is 11.6 Å². The Bertz CT molecular complexity index is 492. The standard InChI is InChI=1S/C12H10ClF3O/c1-6-5-9-8(7(2)11(6)13)3-4-10(17-9)12(14,15)16/h3-5,10H,1-2H3. The molecule has 1 aliphatic rings. The summed E-state index contributed by atoms with van der Waals surface area (Å²) in [5.74, 6) is 0.231. The van der Waals surface area contributed by atoms with Gasteiger partial charge in [-0.05, 0) is 37.1 Å². The average molecular weight is 263 g/mol. The fourth-order valence-corrected chi connectivity index (χ4v) is 1.93. The van der Waals surface area contributed by atoms with Crippen LogP contribution in [0, 0.1) is 13.8 Å². The van der Waals surface area contributed by atoms with Crippen molar-refractivity contribution < 1.29 is 17.9 Å².